The fraction of sp³-hybridized carbons (Fsp3) is 0.316. The minimum atomic E-state index is 0.679. The Morgan fingerprint density at radius 1 is 0.957 bits per heavy atom. The summed E-state index contributed by atoms with van der Waals surface area (Å²) in [6, 6.07) is 18.4. The molecule has 2 aromatic carbocycles. The van der Waals surface area contributed by atoms with Crippen LogP contribution < -0.4 is 15.4 Å². The molecule has 2 rings (SSSR count). The van der Waals surface area contributed by atoms with Gasteiger partial charge in [0.2, 0.25) is 0 Å². The van der Waals surface area contributed by atoms with Crippen LogP contribution in [0.1, 0.15) is 18.1 Å². The standard InChI is InChI=1S/C19H25N3O/c1-3-20-19(22-15-17-7-5-4-6-8-17)21-14-13-16-9-11-18(23-2)12-10-16/h4-12H,3,13-15H2,1-2H3,(H2,20,21,22). The van der Waals surface area contributed by atoms with Crippen molar-refractivity contribution in [2.24, 2.45) is 4.99 Å². The van der Waals surface area contributed by atoms with E-state index in [2.05, 4.69) is 46.8 Å². The van der Waals surface area contributed by atoms with Crippen molar-refractivity contribution >= 4 is 5.96 Å². The molecule has 2 N–H and O–H groups in total. The second-order valence-electron chi connectivity index (χ2n) is 5.21. The number of aliphatic imine (C=N–C) groups is 1. The van der Waals surface area contributed by atoms with Gasteiger partial charge in [-0.2, -0.15) is 0 Å². The third-order valence-corrected chi connectivity index (χ3v) is 3.47. The predicted molar refractivity (Wildman–Crippen MR) is 96.0 cm³/mol. The molecule has 0 bridgehead atoms. The normalized spacial score (nSPS) is 11.1. The summed E-state index contributed by atoms with van der Waals surface area (Å²) >= 11 is 0. The predicted octanol–water partition coefficient (Wildman–Crippen LogP) is 2.99. The zero-order chi connectivity index (χ0) is 16.3. The number of nitrogens with zero attached hydrogens (tertiary/aromatic N) is 1. The maximum Gasteiger partial charge on any atom is 0.191 e. The molecule has 122 valence electrons. The van der Waals surface area contributed by atoms with Gasteiger partial charge in [0, 0.05) is 13.1 Å². The molecule has 0 atom stereocenters. The van der Waals surface area contributed by atoms with Crippen LogP contribution in [-0.2, 0) is 13.0 Å². The van der Waals surface area contributed by atoms with E-state index in [0.29, 0.717) is 6.54 Å². The summed E-state index contributed by atoms with van der Waals surface area (Å²) in [5, 5.41) is 6.65. The van der Waals surface area contributed by atoms with E-state index in [0.717, 1.165) is 31.2 Å². The minimum Gasteiger partial charge on any atom is -0.497 e. The molecule has 0 aromatic heterocycles. The van der Waals surface area contributed by atoms with Crippen LogP contribution >= 0.6 is 0 Å². The lowest BCUT2D eigenvalue weighted by Crippen LogP contribution is -2.38. The van der Waals surface area contributed by atoms with Crippen LogP contribution in [0.4, 0.5) is 0 Å². The minimum absolute atomic E-state index is 0.679. The number of methoxy groups -OCH3 is 1. The number of guanidine groups is 1. The second kappa shape index (κ2) is 9.51. The van der Waals surface area contributed by atoms with Gasteiger partial charge in [-0.05, 0) is 36.6 Å². The van der Waals surface area contributed by atoms with Gasteiger partial charge in [0.1, 0.15) is 5.75 Å². The number of nitrogens with one attached hydrogen (secondary N) is 2. The van der Waals surface area contributed by atoms with Crippen LogP contribution in [0.3, 0.4) is 0 Å². The largest absolute Gasteiger partial charge is 0.497 e. The summed E-state index contributed by atoms with van der Waals surface area (Å²) in [4.78, 5) is 4.62. The summed E-state index contributed by atoms with van der Waals surface area (Å²) in [5.41, 5.74) is 2.48. The Balaban J connectivity index is 1.83. The number of benzene rings is 2. The van der Waals surface area contributed by atoms with E-state index in [1.165, 1.54) is 11.1 Å². The van der Waals surface area contributed by atoms with E-state index in [1.54, 1.807) is 7.11 Å². The van der Waals surface area contributed by atoms with Crippen molar-refractivity contribution in [3.63, 3.8) is 0 Å². The number of ether oxygens (including phenoxy) is 1. The van der Waals surface area contributed by atoms with Gasteiger partial charge in [-0.3, -0.25) is 0 Å². The third-order valence-electron chi connectivity index (χ3n) is 3.47. The molecule has 0 fully saturated rings. The molecule has 0 aliphatic carbocycles. The maximum absolute atomic E-state index is 5.17. The van der Waals surface area contributed by atoms with E-state index in [9.17, 15) is 0 Å². The first-order valence-electron chi connectivity index (χ1n) is 8.01. The van der Waals surface area contributed by atoms with Gasteiger partial charge in [0.15, 0.2) is 5.96 Å². The number of hydrogen-bond acceptors (Lipinski definition) is 2. The summed E-state index contributed by atoms with van der Waals surface area (Å²) in [7, 11) is 1.68. The highest BCUT2D eigenvalue weighted by atomic mass is 16.5. The topological polar surface area (TPSA) is 45.7 Å². The molecule has 4 heteroatoms. The van der Waals surface area contributed by atoms with Crippen LogP contribution in [0.15, 0.2) is 59.6 Å². The Morgan fingerprint density at radius 2 is 1.70 bits per heavy atom. The Morgan fingerprint density at radius 3 is 2.35 bits per heavy atom. The summed E-state index contributed by atoms with van der Waals surface area (Å²) in [6.07, 6.45) is 0.944. The smallest absolute Gasteiger partial charge is 0.191 e. The Kier molecular flexibility index (Phi) is 6.98. The zero-order valence-electron chi connectivity index (χ0n) is 13.9. The second-order valence-corrected chi connectivity index (χ2v) is 5.21. The van der Waals surface area contributed by atoms with E-state index in [1.807, 2.05) is 30.3 Å². The van der Waals surface area contributed by atoms with E-state index in [-0.39, 0.29) is 0 Å². The molecule has 0 amide bonds. The molecule has 23 heavy (non-hydrogen) atoms. The van der Waals surface area contributed by atoms with Crippen LogP contribution in [0, 0.1) is 0 Å². The average Bonchev–Trinajstić information content (AvgIpc) is 2.61. The van der Waals surface area contributed by atoms with Crippen molar-refractivity contribution < 1.29 is 4.74 Å². The first-order chi connectivity index (χ1) is 11.3. The first kappa shape index (κ1) is 16.9. The molecule has 0 saturated carbocycles. The fourth-order valence-electron chi connectivity index (χ4n) is 2.21. The maximum atomic E-state index is 5.17. The highest BCUT2D eigenvalue weighted by molar-refractivity contribution is 5.79. The van der Waals surface area contributed by atoms with E-state index >= 15 is 0 Å². The molecular formula is C19H25N3O. The van der Waals surface area contributed by atoms with E-state index < -0.39 is 0 Å². The van der Waals surface area contributed by atoms with Gasteiger partial charge >= 0.3 is 0 Å². The summed E-state index contributed by atoms with van der Waals surface area (Å²) in [6.45, 7) is 4.44. The average molecular weight is 311 g/mol. The zero-order valence-corrected chi connectivity index (χ0v) is 13.9. The van der Waals surface area contributed by atoms with Crippen LogP contribution in [0.2, 0.25) is 0 Å². The van der Waals surface area contributed by atoms with Crippen molar-refractivity contribution in [3.05, 3.63) is 65.7 Å². The van der Waals surface area contributed by atoms with Gasteiger partial charge in [0.05, 0.1) is 13.7 Å². The lowest BCUT2D eigenvalue weighted by atomic mass is 10.1. The van der Waals surface area contributed by atoms with Gasteiger partial charge < -0.3 is 15.4 Å². The molecule has 4 nitrogen and oxygen atoms in total. The molecular weight excluding hydrogens is 286 g/mol. The Hall–Kier alpha value is -2.49. The molecule has 2 aromatic rings. The summed E-state index contributed by atoms with van der Waals surface area (Å²) in [5.74, 6) is 1.74. The molecule has 0 aliphatic rings. The highest BCUT2D eigenvalue weighted by Crippen LogP contribution is 2.11. The monoisotopic (exact) mass is 311 g/mol. The summed E-state index contributed by atoms with van der Waals surface area (Å²) < 4.78 is 5.17. The highest BCUT2D eigenvalue weighted by Gasteiger charge is 1.99. The molecule has 0 radical (unpaired) electrons. The molecule has 0 heterocycles. The molecule has 0 spiro atoms. The van der Waals surface area contributed by atoms with Crippen molar-refractivity contribution in [3.8, 4) is 5.75 Å². The molecule has 0 unspecified atom stereocenters. The van der Waals surface area contributed by atoms with Crippen molar-refractivity contribution in [2.45, 2.75) is 19.9 Å². The first-order valence-corrected chi connectivity index (χ1v) is 8.01. The van der Waals surface area contributed by atoms with Crippen molar-refractivity contribution in [1.29, 1.82) is 0 Å². The molecule has 0 aliphatic heterocycles. The van der Waals surface area contributed by atoms with Gasteiger partial charge in [-0.15, -0.1) is 0 Å². The van der Waals surface area contributed by atoms with Crippen LogP contribution in [-0.4, -0.2) is 26.2 Å². The van der Waals surface area contributed by atoms with Crippen LogP contribution in [0.25, 0.3) is 0 Å². The van der Waals surface area contributed by atoms with Crippen molar-refractivity contribution in [1.82, 2.24) is 10.6 Å². The van der Waals surface area contributed by atoms with Gasteiger partial charge in [0.25, 0.3) is 0 Å². The number of hydrogen-bond donors (Lipinski definition) is 2. The van der Waals surface area contributed by atoms with Crippen molar-refractivity contribution in [2.75, 3.05) is 20.2 Å². The lowest BCUT2D eigenvalue weighted by molar-refractivity contribution is 0.414. The van der Waals surface area contributed by atoms with Gasteiger partial charge in [-0.25, -0.2) is 4.99 Å². The fourth-order valence-corrected chi connectivity index (χ4v) is 2.21. The quantitative estimate of drug-likeness (QED) is 0.610. The SMILES string of the molecule is CCNC(=NCc1ccccc1)NCCc1ccc(OC)cc1. The van der Waals surface area contributed by atoms with Crippen LogP contribution in [0.5, 0.6) is 5.75 Å². The van der Waals surface area contributed by atoms with E-state index in [4.69, 9.17) is 4.74 Å². The Bertz CT molecular complexity index is 594. The molecule has 0 saturated heterocycles. The number of rotatable bonds is 7. The lowest BCUT2D eigenvalue weighted by Gasteiger charge is -2.11. The third kappa shape index (κ3) is 6.02. The Labute approximate surface area is 138 Å². The van der Waals surface area contributed by atoms with Gasteiger partial charge in [-0.1, -0.05) is 42.5 Å².